The summed E-state index contributed by atoms with van der Waals surface area (Å²) in [5.41, 5.74) is 3.25. The largest absolute Gasteiger partial charge is 0.496 e. The van der Waals surface area contributed by atoms with Crippen LogP contribution >= 0.6 is 0 Å². The van der Waals surface area contributed by atoms with Crippen LogP contribution in [0.4, 0.5) is 0 Å². The van der Waals surface area contributed by atoms with Crippen LogP contribution in [0.5, 0.6) is 5.75 Å². The molecule has 0 aromatic heterocycles. The first-order chi connectivity index (χ1) is 8.13. The fourth-order valence-electron chi connectivity index (χ4n) is 2.06. The highest BCUT2D eigenvalue weighted by atomic mass is 16.5. The second kappa shape index (κ2) is 4.75. The molecule has 1 unspecified atom stereocenters. The molecule has 0 radical (unpaired) electrons. The third-order valence-electron chi connectivity index (χ3n) is 3.19. The monoisotopic (exact) mass is 234 g/mol. The standard InChI is InChI=1S/C13H18N2O2/c1-8-6-10(11(17-3)7-9(8)2)12-13(16)15-5-4-14-12/h6-7,12,14H,4-5H2,1-3H3,(H,15,16). The van der Waals surface area contributed by atoms with Gasteiger partial charge in [-0.3, -0.25) is 4.79 Å². The average Bonchev–Trinajstić information content (AvgIpc) is 2.33. The average molecular weight is 234 g/mol. The molecule has 1 saturated heterocycles. The molecule has 1 amide bonds. The van der Waals surface area contributed by atoms with Crippen LogP contribution in [0.2, 0.25) is 0 Å². The van der Waals surface area contributed by atoms with Crippen molar-refractivity contribution in [1.29, 1.82) is 0 Å². The third-order valence-corrected chi connectivity index (χ3v) is 3.19. The van der Waals surface area contributed by atoms with Crippen LogP contribution in [0.3, 0.4) is 0 Å². The zero-order valence-corrected chi connectivity index (χ0v) is 10.5. The molecule has 17 heavy (non-hydrogen) atoms. The molecule has 92 valence electrons. The molecule has 1 fully saturated rings. The number of methoxy groups -OCH3 is 1. The van der Waals surface area contributed by atoms with Crippen molar-refractivity contribution >= 4 is 5.91 Å². The van der Waals surface area contributed by atoms with E-state index in [1.165, 1.54) is 11.1 Å². The van der Waals surface area contributed by atoms with E-state index >= 15 is 0 Å². The van der Waals surface area contributed by atoms with Gasteiger partial charge in [0.1, 0.15) is 11.8 Å². The predicted octanol–water partition coefficient (Wildman–Crippen LogP) is 1.07. The highest BCUT2D eigenvalue weighted by Crippen LogP contribution is 2.29. The van der Waals surface area contributed by atoms with E-state index in [1.54, 1.807) is 7.11 Å². The van der Waals surface area contributed by atoms with Crippen molar-refractivity contribution in [3.05, 3.63) is 28.8 Å². The lowest BCUT2D eigenvalue weighted by atomic mass is 9.98. The van der Waals surface area contributed by atoms with Gasteiger partial charge in [-0.15, -0.1) is 0 Å². The molecule has 1 aliphatic heterocycles. The van der Waals surface area contributed by atoms with Crippen LogP contribution in [-0.4, -0.2) is 26.1 Å². The van der Waals surface area contributed by atoms with Gasteiger partial charge in [-0.25, -0.2) is 0 Å². The van der Waals surface area contributed by atoms with E-state index in [1.807, 2.05) is 26.0 Å². The van der Waals surface area contributed by atoms with Gasteiger partial charge in [0, 0.05) is 18.7 Å². The minimum absolute atomic E-state index is 0.0119. The Balaban J connectivity index is 2.42. The Kier molecular flexibility index (Phi) is 3.33. The van der Waals surface area contributed by atoms with Crippen LogP contribution in [-0.2, 0) is 4.79 Å². The Morgan fingerprint density at radius 1 is 1.24 bits per heavy atom. The normalized spacial score (nSPS) is 19.9. The lowest BCUT2D eigenvalue weighted by Crippen LogP contribution is -2.47. The molecule has 4 heteroatoms. The molecule has 0 bridgehead atoms. The summed E-state index contributed by atoms with van der Waals surface area (Å²) in [5, 5.41) is 6.07. The third kappa shape index (κ3) is 2.26. The molecule has 0 saturated carbocycles. The molecule has 1 aliphatic rings. The van der Waals surface area contributed by atoms with E-state index < -0.39 is 0 Å². The number of piperazine rings is 1. The van der Waals surface area contributed by atoms with Gasteiger partial charge in [0.15, 0.2) is 0 Å². The van der Waals surface area contributed by atoms with Crippen molar-refractivity contribution in [2.75, 3.05) is 20.2 Å². The van der Waals surface area contributed by atoms with Gasteiger partial charge in [0.25, 0.3) is 0 Å². The zero-order chi connectivity index (χ0) is 12.4. The molecule has 1 atom stereocenters. The summed E-state index contributed by atoms with van der Waals surface area (Å²) in [5.74, 6) is 0.778. The first-order valence-corrected chi connectivity index (χ1v) is 5.79. The van der Waals surface area contributed by atoms with Gasteiger partial charge in [-0.05, 0) is 31.0 Å². The number of rotatable bonds is 2. The molecule has 1 heterocycles. The van der Waals surface area contributed by atoms with E-state index in [-0.39, 0.29) is 11.9 Å². The molecule has 2 rings (SSSR count). The van der Waals surface area contributed by atoms with Crippen molar-refractivity contribution in [3.63, 3.8) is 0 Å². The number of hydrogen-bond donors (Lipinski definition) is 2. The molecule has 0 spiro atoms. The first kappa shape index (κ1) is 11.9. The Hall–Kier alpha value is -1.55. The molecular formula is C13H18N2O2. The van der Waals surface area contributed by atoms with Crippen molar-refractivity contribution in [2.45, 2.75) is 19.9 Å². The first-order valence-electron chi connectivity index (χ1n) is 5.79. The van der Waals surface area contributed by atoms with E-state index in [2.05, 4.69) is 10.6 Å². The van der Waals surface area contributed by atoms with Gasteiger partial charge < -0.3 is 15.4 Å². The fraction of sp³-hybridized carbons (Fsp3) is 0.462. The summed E-state index contributed by atoms with van der Waals surface area (Å²) < 4.78 is 5.36. The Morgan fingerprint density at radius 3 is 2.59 bits per heavy atom. The van der Waals surface area contributed by atoms with Crippen LogP contribution in [0.25, 0.3) is 0 Å². The number of nitrogens with one attached hydrogen (secondary N) is 2. The maximum Gasteiger partial charge on any atom is 0.241 e. The quantitative estimate of drug-likeness (QED) is 0.805. The van der Waals surface area contributed by atoms with Crippen molar-refractivity contribution in [3.8, 4) is 5.75 Å². The fourth-order valence-corrected chi connectivity index (χ4v) is 2.06. The van der Waals surface area contributed by atoms with Crippen molar-refractivity contribution in [2.24, 2.45) is 0 Å². The number of carbonyl (C=O) groups is 1. The summed E-state index contributed by atoms with van der Waals surface area (Å²) >= 11 is 0. The topological polar surface area (TPSA) is 50.4 Å². The zero-order valence-electron chi connectivity index (χ0n) is 10.5. The Labute approximate surface area is 101 Å². The predicted molar refractivity (Wildman–Crippen MR) is 66.2 cm³/mol. The minimum Gasteiger partial charge on any atom is -0.496 e. The van der Waals surface area contributed by atoms with Gasteiger partial charge in [-0.2, -0.15) is 0 Å². The number of hydrogen-bond acceptors (Lipinski definition) is 3. The number of amides is 1. The molecular weight excluding hydrogens is 216 g/mol. The summed E-state index contributed by atoms with van der Waals surface area (Å²) in [6, 6.07) is 3.70. The van der Waals surface area contributed by atoms with Gasteiger partial charge >= 0.3 is 0 Å². The maximum atomic E-state index is 11.8. The second-order valence-electron chi connectivity index (χ2n) is 4.36. The number of carbonyl (C=O) groups excluding carboxylic acids is 1. The molecule has 1 aromatic rings. The van der Waals surface area contributed by atoms with E-state index in [0.717, 1.165) is 17.9 Å². The molecule has 0 aliphatic carbocycles. The minimum atomic E-state index is -0.307. The van der Waals surface area contributed by atoms with E-state index in [4.69, 9.17) is 4.74 Å². The summed E-state index contributed by atoms with van der Waals surface area (Å²) in [7, 11) is 1.63. The Morgan fingerprint density at radius 2 is 1.94 bits per heavy atom. The van der Waals surface area contributed by atoms with Gasteiger partial charge in [0.05, 0.1) is 7.11 Å². The van der Waals surface area contributed by atoms with Crippen molar-refractivity contribution in [1.82, 2.24) is 10.6 Å². The Bertz CT molecular complexity index is 443. The van der Waals surface area contributed by atoms with Crippen LogP contribution in [0, 0.1) is 13.8 Å². The van der Waals surface area contributed by atoms with Gasteiger partial charge in [0.2, 0.25) is 5.91 Å². The number of benzene rings is 1. The van der Waals surface area contributed by atoms with Crippen molar-refractivity contribution < 1.29 is 9.53 Å². The maximum absolute atomic E-state index is 11.8. The lowest BCUT2D eigenvalue weighted by molar-refractivity contribution is -0.124. The smallest absolute Gasteiger partial charge is 0.241 e. The van der Waals surface area contributed by atoms with E-state index in [9.17, 15) is 4.79 Å². The van der Waals surface area contributed by atoms with Crippen LogP contribution in [0.1, 0.15) is 22.7 Å². The number of ether oxygens (including phenoxy) is 1. The molecule has 4 nitrogen and oxygen atoms in total. The van der Waals surface area contributed by atoms with Crippen LogP contribution in [0.15, 0.2) is 12.1 Å². The lowest BCUT2D eigenvalue weighted by Gasteiger charge is -2.25. The van der Waals surface area contributed by atoms with E-state index in [0.29, 0.717) is 6.54 Å². The summed E-state index contributed by atoms with van der Waals surface area (Å²) in [6.07, 6.45) is 0. The SMILES string of the molecule is COc1cc(C)c(C)cc1C1NCCNC1=O. The second-order valence-corrected chi connectivity index (χ2v) is 4.36. The summed E-state index contributed by atoms with van der Waals surface area (Å²) in [6.45, 7) is 5.55. The van der Waals surface area contributed by atoms with Gasteiger partial charge in [-0.1, -0.05) is 6.07 Å². The summed E-state index contributed by atoms with van der Waals surface area (Å²) in [4.78, 5) is 11.8. The molecule has 2 N–H and O–H groups in total. The number of aryl methyl sites for hydroxylation is 2. The molecule has 1 aromatic carbocycles. The van der Waals surface area contributed by atoms with Crippen LogP contribution < -0.4 is 15.4 Å². The highest BCUT2D eigenvalue weighted by molar-refractivity contribution is 5.84. The highest BCUT2D eigenvalue weighted by Gasteiger charge is 2.26.